The van der Waals surface area contributed by atoms with Crippen molar-refractivity contribution in [3.63, 3.8) is 0 Å². The molecule has 18 heavy (non-hydrogen) atoms. The van der Waals surface area contributed by atoms with E-state index in [-0.39, 0.29) is 11.3 Å². The molecular weight excluding hydrogens is 236 g/mol. The molecule has 0 aliphatic carbocycles. The highest BCUT2D eigenvalue weighted by Crippen LogP contribution is 2.36. The summed E-state index contributed by atoms with van der Waals surface area (Å²) in [5, 5.41) is 3.55. The van der Waals surface area contributed by atoms with Gasteiger partial charge in [-0.25, -0.2) is 8.78 Å². The minimum Gasteiger partial charge on any atom is -0.464 e. The van der Waals surface area contributed by atoms with Crippen LogP contribution in [0, 0.1) is 17.6 Å². The zero-order valence-corrected chi connectivity index (χ0v) is 10.2. The summed E-state index contributed by atoms with van der Waals surface area (Å²) in [4.78, 5) is 0. The zero-order chi connectivity index (χ0) is 12.7. The van der Waals surface area contributed by atoms with Crippen LogP contribution in [-0.4, -0.2) is 13.1 Å². The van der Waals surface area contributed by atoms with E-state index < -0.39 is 11.6 Å². The van der Waals surface area contributed by atoms with E-state index in [2.05, 4.69) is 12.2 Å². The molecule has 1 fully saturated rings. The molecular formula is C14H15F2NO. The van der Waals surface area contributed by atoms with Crippen LogP contribution in [0.3, 0.4) is 0 Å². The molecule has 2 heterocycles. The Morgan fingerprint density at radius 2 is 2.22 bits per heavy atom. The second-order valence-electron chi connectivity index (χ2n) is 5.00. The van der Waals surface area contributed by atoms with Gasteiger partial charge >= 0.3 is 0 Å². The maximum atomic E-state index is 13.6. The number of hydrogen-bond acceptors (Lipinski definition) is 2. The van der Waals surface area contributed by atoms with Crippen molar-refractivity contribution in [1.29, 1.82) is 0 Å². The number of rotatable bonds is 1. The van der Waals surface area contributed by atoms with Crippen molar-refractivity contribution in [2.75, 3.05) is 13.1 Å². The molecule has 0 saturated carbocycles. The second kappa shape index (κ2) is 4.35. The average molecular weight is 251 g/mol. The molecule has 1 aromatic carbocycles. The maximum Gasteiger partial charge on any atom is 0.169 e. The Balaban J connectivity index is 2.16. The molecule has 1 aromatic heterocycles. The van der Waals surface area contributed by atoms with E-state index >= 15 is 0 Å². The maximum absolute atomic E-state index is 13.6. The summed E-state index contributed by atoms with van der Waals surface area (Å²) in [6.45, 7) is 3.91. The van der Waals surface area contributed by atoms with Gasteiger partial charge in [-0.05, 0) is 43.5 Å². The van der Waals surface area contributed by atoms with Crippen LogP contribution in [0.5, 0.6) is 0 Å². The quantitative estimate of drug-likeness (QED) is 0.840. The van der Waals surface area contributed by atoms with Crippen LogP contribution in [0.25, 0.3) is 11.0 Å². The molecule has 3 rings (SSSR count). The molecule has 1 saturated heterocycles. The standard InChI is InChI=1S/C14H15F2NO/c1-8-7-17-4-2-9(8)11-6-12(15)13(16)10-3-5-18-14(10)11/h3,5-6,8-9,17H,2,4,7H2,1H3/t8-,9+/m0/s1. The highest BCUT2D eigenvalue weighted by molar-refractivity contribution is 5.81. The van der Waals surface area contributed by atoms with E-state index in [1.54, 1.807) is 0 Å². The molecule has 1 aliphatic heterocycles. The Kier molecular flexibility index (Phi) is 2.82. The topological polar surface area (TPSA) is 25.2 Å². The first-order valence-corrected chi connectivity index (χ1v) is 6.24. The summed E-state index contributed by atoms with van der Waals surface area (Å²) in [7, 11) is 0. The van der Waals surface area contributed by atoms with Crippen LogP contribution >= 0.6 is 0 Å². The highest BCUT2D eigenvalue weighted by Gasteiger charge is 2.27. The third-order valence-corrected chi connectivity index (χ3v) is 3.84. The number of nitrogens with one attached hydrogen (secondary N) is 1. The predicted octanol–water partition coefficient (Wildman–Crippen LogP) is 3.42. The first-order chi connectivity index (χ1) is 8.68. The van der Waals surface area contributed by atoms with Crippen LogP contribution in [0.1, 0.15) is 24.8 Å². The van der Waals surface area contributed by atoms with Crippen LogP contribution in [0.15, 0.2) is 22.8 Å². The Hall–Kier alpha value is -1.42. The van der Waals surface area contributed by atoms with Gasteiger partial charge in [-0.3, -0.25) is 0 Å². The normalized spacial score (nSPS) is 24.6. The molecule has 0 unspecified atom stereocenters. The summed E-state index contributed by atoms with van der Waals surface area (Å²) in [5.74, 6) is -0.999. The lowest BCUT2D eigenvalue weighted by molar-refractivity contribution is 0.347. The Morgan fingerprint density at radius 1 is 1.39 bits per heavy atom. The summed E-state index contributed by atoms with van der Waals surface area (Å²) < 4.78 is 32.6. The van der Waals surface area contributed by atoms with Gasteiger partial charge in [0, 0.05) is 5.56 Å². The van der Waals surface area contributed by atoms with E-state index in [1.165, 1.54) is 18.4 Å². The molecule has 0 spiro atoms. The van der Waals surface area contributed by atoms with Gasteiger partial charge in [0.2, 0.25) is 0 Å². The van der Waals surface area contributed by atoms with E-state index in [0.717, 1.165) is 25.1 Å². The molecule has 4 heteroatoms. The van der Waals surface area contributed by atoms with E-state index in [4.69, 9.17) is 4.42 Å². The lowest BCUT2D eigenvalue weighted by Crippen LogP contribution is -2.33. The smallest absolute Gasteiger partial charge is 0.169 e. The number of hydrogen-bond donors (Lipinski definition) is 1. The van der Waals surface area contributed by atoms with Gasteiger partial charge in [0.1, 0.15) is 5.58 Å². The number of benzene rings is 1. The molecule has 96 valence electrons. The average Bonchev–Trinajstić information content (AvgIpc) is 2.84. The molecule has 1 aliphatic rings. The zero-order valence-electron chi connectivity index (χ0n) is 10.2. The van der Waals surface area contributed by atoms with Gasteiger partial charge < -0.3 is 9.73 Å². The van der Waals surface area contributed by atoms with Crippen LogP contribution in [0.4, 0.5) is 8.78 Å². The van der Waals surface area contributed by atoms with E-state index in [9.17, 15) is 8.78 Å². The number of piperidine rings is 1. The van der Waals surface area contributed by atoms with Crippen LogP contribution in [0.2, 0.25) is 0 Å². The highest BCUT2D eigenvalue weighted by atomic mass is 19.2. The van der Waals surface area contributed by atoms with Crippen molar-refractivity contribution < 1.29 is 13.2 Å². The van der Waals surface area contributed by atoms with Gasteiger partial charge in [0.05, 0.1) is 11.6 Å². The molecule has 0 bridgehead atoms. The molecule has 0 amide bonds. The molecule has 0 radical (unpaired) electrons. The Labute approximate surface area is 104 Å². The molecule has 2 aromatic rings. The lowest BCUT2D eigenvalue weighted by Gasteiger charge is -2.29. The van der Waals surface area contributed by atoms with Gasteiger partial charge in [0.25, 0.3) is 0 Å². The lowest BCUT2D eigenvalue weighted by atomic mass is 9.81. The summed E-state index contributed by atoms with van der Waals surface area (Å²) in [6.07, 6.45) is 2.34. The number of fused-ring (bicyclic) bond motifs is 1. The van der Waals surface area contributed by atoms with Gasteiger partial charge in [-0.2, -0.15) is 0 Å². The van der Waals surface area contributed by atoms with Crippen LogP contribution in [-0.2, 0) is 0 Å². The van der Waals surface area contributed by atoms with Crippen molar-refractivity contribution in [3.8, 4) is 0 Å². The van der Waals surface area contributed by atoms with Crippen molar-refractivity contribution >= 4 is 11.0 Å². The van der Waals surface area contributed by atoms with E-state index in [1.807, 2.05) is 0 Å². The number of halogens is 2. The monoisotopic (exact) mass is 251 g/mol. The van der Waals surface area contributed by atoms with Crippen LogP contribution < -0.4 is 5.32 Å². The van der Waals surface area contributed by atoms with Crippen molar-refractivity contribution in [2.24, 2.45) is 5.92 Å². The fourth-order valence-corrected chi connectivity index (χ4v) is 2.85. The van der Waals surface area contributed by atoms with Crippen molar-refractivity contribution in [2.45, 2.75) is 19.3 Å². The van der Waals surface area contributed by atoms with Gasteiger partial charge in [-0.15, -0.1) is 0 Å². The fourth-order valence-electron chi connectivity index (χ4n) is 2.85. The summed E-state index contributed by atoms with van der Waals surface area (Å²) in [5.41, 5.74) is 1.29. The fraction of sp³-hybridized carbons (Fsp3) is 0.429. The minimum atomic E-state index is -0.816. The predicted molar refractivity (Wildman–Crippen MR) is 65.5 cm³/mol. The van der Waals surface area contributed by atoms with Gasteiger partial charge in [-0.1, -0.05) is 6.92 Å². The SMILES string of the molecule is C[C@H]1CNCC[C@H]1c1cc(F)c(F)c2ccoc12. The molecule has 2 nitrogen and oxygen atoms in total. The summed E-state index contributed by atoms with van der Waals surface area (Å²) >= 11 is 0. The molecule has 2 atom stereocenters. The second-order valence-corrected chi connectivity index (χ2v) is 5.00. The Bertz CT molecular complexity index is 578. The Morgan fingerprint density at radius 3 is 3.00 bits per heavy atom. The third kappa shape index (κ3) is 1.72. The first-order valence-electron chi connectivity index (χ1n) is 6.24. The van der Waals surface area contributed by atoms with Crippen molar-refractivity contribution in [1.82, 2.24) is 5.32 Å². The minimum absolute atomic E-state index is 0.218. The van der Waals surface area contributed by atoms with Crippen molar-refractivity contribution in [3.05, 3.63) is 35.6 Å². The third-order valence-electron chi connectivity index (χ3n) is 3.84. The van der Waals surface area contributed by atoms with Gasteiger partial charge in [0.15, 0.2) is 11.6 Å². The van der Waals surface area contributed by atoms with E-state index in [0.29, 0.717) is 11.5 Å². The largest absolute Gasteiger partial charge is 0.464 e. The summed E-state index contributed by atoms with van der Waals surface area (Å²) in [6, 6.07) is 2.79. The number of furan rings is 1. The molecule has 1 N–H and O–H groups in total. The first kappa shape index (κ1) is 11.7.